The maximum absolute atomic E-state index is 12.1. The normalized spacial score (nSPS) is 29.6. The first-order valence-corrected chi connectivity index (χ1v) is 7.89. The lowest BCUT2D eigenvalue weighted by Gasteiger charge is -2.39. The highest BCUT2D eigenvalue weighted by molar-refractivity contribution is 5.87. The monoisotopic (exact) mass is 281 g/mol. The molecule has 5 nitrogen and oxygen atoms in total. The molecule has 1 aliphatic heterocycles. The van der Waals surface area contributed by atoms with Crippen LogP contribution in [0.1, 0.15) is 52.4 Å². The molecule has 2 aliphatic rings. The van der Waals surface area contributed by atoms with Gasteiger partial charge in [0.1, 0.15) is 0 Å². The number of carbonyl (C=O) groups is 2. The average Bonchev–Trinajstić information content (AvgIpc) is 2.43. The van der Waals surface area contributed by atoms with Crippen molar-refractivity contribution in [1.82, 2.24) is 16.0 Å². The molecule has 0 aromatic carbocycles. The number of nitrogens with one attached hydrogen (secondary N) is 3. The number of amides is 2. The third kappa shape index (κ3) is 4.20. The Morgan fingerprint density at radius 1 is 1.15 bits per heavy atom. The minimum atomic E-state index is -0.125. The van der Waals surface area contributed by atoms with Crippen molar-refractivity contribution in [2.45, 2.75) is 70.5 Å². The van der Waals surface area contributed by atoms with Gasteiger partial charge < -0.3 is 16.0 Å². The molecule has 0 bridgehead atoms. The van der Waals surface area contributed by atoms with Crippen LogP contribution in [0.2, 0.25) is 0 Å². The van der Waals surface area contributed by atoms with Crippen molar-refractivity contribution in [2.75, 3.05) is 6.54 Å². The summed E-state index contributed by atoms with van der Waals surface area (Å²) in [7, 11) is 0. The lowest BCUT2D eigenvalue weighted by molar-refractivity contribution is -0.128. The van der Waals surface area contributed by atoms with Gasteiger partial charge >= 0.3 is 0 Å². The van der Waals surface area contributed by atoms with Crippen molar-refractivity contribution in [1.29, 1.82) is 0 Å². The Kier molecular flexibility index (Phi) is 5.40. The van der Waals surface area contributed by atoms with Crippen LogP contribution < -0.4 is 16.0 Å². The van der Waals surface area contributed by atoms with Gasteiger partial charge in [-0.15, -0.1) is 0 Å². The number of fused-ring (bicyclic) bond motifs is 1. The summed E-state index contributed by atoms with van der Waals surface area (Å²) < 4.78 is 0. The first kappa shape index (κ1) is 15.3. The molecule has 3 unspecified atom stereocenters. The fourth-order valence-electron chi connectivity index (χ4n) is 3.37. The van der Waals surface area contributed by atoms with E-state index in [-0.39, 0.29) is 30.4 Å². The largest absolute Gasteiger partial charge is 0.352 e. The predicted octanol–water partition coefficient (Wildman–Crippen LogP) is 0.938. The van der Waals surface area contributed by atoms with Crippen LogP contribution >= 0.6 is 0 Å². The fourth-order valence-corrected chi connectivity index (χ4v) is 3.37. The van der Waals surface area contributed by atoms with Gasteiger partial charge in [-0.1, -0.05) is 12.8 Å². The highest BCUT2D eigenvalue weighted by atomic mass is 16.2. The van der Waals surface area contributed by atoms with E-state index in [1.165, 1.54) is 25.7 Å². The molecule has 2 amide bonds. The standard InChI is InChI=1S/C15H27N3O2/c1-10(2)17-14(19)9-16-15(20)13-8-7-11-5-3-4-6-12(11)18-13/h10-13,18H,3-9H2,1-2H3,(H,16,20)(H,17,19). The van der Waals surface area contributed by atoms with Crippen LogP contribution in [0.5, 0.6) is 0 Å². The lowest BCUT2D eigenvalue weighted by atomic mass is 9.77. The summed E-state index contributed by atoms with van der Waals surface area (Å²) in [4.78, 5) is 23.6. The first-order valence-electron chi connectivity index (χ1n) is 7.89. The molecule has 0 radical (unpaired) electrons. The summed E-state index contributed by atoms with van der Waals surface area (Å²) in [5, 5.41) is 8.99. The van der Waals surface area contributed by atoms with Gasteiger partial charge in [-0.2, -0.15) is 0 Å². The minimum absolute atomic E-state index is 0.0343. The molecule has 114 valence electrons. The molecular formula is C15H27N3O2. The Hall–Kier alpha value is -1.10. The lowest BCUT2D eigenvalue weighted by Crippen LogP contribution is -2.55. The van der Waals surface area contributed by atoms with Gasteiger partial charge in [0, 0.05) is 12.1 Å². The van der Waals surface area contributed by atoms with E-state index in [2.05, 4.69) is 16.0 Å². The SMILES string of the molecule is CC(C)NC(=O)CNC(=O)C1CCC2CCCCC2N1. The summed E-state index contributed by atoms with van der Waals surface area (Å²) in [5.41, 5.74) is 0. The van der Waals surface area contributed by atoms with Crippen molar-refractivity contribution >= 4 is 11.8 Å². The van der Waals surface area contributed by atoms with E-state index in [9.17, 15) is 9.59 Å². The Morgan fingerprint density at radius 2 is 1.90 bits per heavy atom. The Morgan fingerprint density at radius 3 is 2.65 bits per heavy atom. The molecule has 2 rings (SSSR count). The van der Waals surface area contributed by atoms with Crippen molar-refractivity contribution in [3.8, 4) is 0 Å². The van der Waals surface area contributed by atoms with E-state index in [1.807, 2.05) is 13.8 Å². The summed E-state index contributed by atoms with van der Waals surface area (Å²) in [5.74, 6) is 0.588. The summed E-state index contributed by atoms with van der Waals surface area (Å²) in [6, 6.07) is 0.481. The van der Waals surface area contributed by atoms with E-state index in [0.717, 1.165) is 18.8 Å². The van der Waals surface area contributed by atoms with Crippen LogP contribution in [0.3, 0.4) is 0 Å². The molecule has 1 aliphatic carbocycles. The van der Waals surface area contributed by atoms with E-state index in [4.69, 9.17) is 0 Å². The average molecular weight is 281 g/mol. The van der Waals surface area contributed by atoms with Crippen molar-refractivity contribution < 1.29 is 9.59 Å². The number of hydrogen-bond acceptors (Lipinski definition) is 3. The van der Waals surface area contributed by atoms with E-state index >= 15 is 0 Å². The fraction of sp³-hybridized carbons (Fsp3) is 0.867. The maximum atomic E-state index is 12.1. The van der Waals surface area contributed by atoms with E-state index in [0.29, 0.717) is 6.04 Å². The second-order valence-corrected chi connectivity index (χ2v) is 6.39. The highest BCUT2D eigenvalue weighted by Crippen LogP contribution is 2.32. The van der Waals surface area contributed by atoms with Crippen molar-refractivity contribution in [2.24, 2.45) is 5.92 Å². The zero-order valence-corrected chi connectivity index (χ0v) is 12.6. The van der Waals surface area contributed by atoms with Crippen LogP contribution in [0.25, 0.3) is 0 Å². The summed E-state index contributed by atoms with van der Waals surface area (Å²) in [6.45, 7) is 3.89. The molecule has 1 heterocycles. The first-order chi connectivity index (χ1) is 9.56. The third-order valence-electron chi connectivity index (χ3n) is 4.34. The molecule has 0 aromatic heterocycles. The second-order valence-electron chi connectivity index (χ2n) is 6.39. The van der Waals surface area contributed by atoms with Crippen LogP contribution in [0, 0.1) is 5.92 Å². The molecule has 1 saturated carbocycles. The Balaban J connectivity index is 1.74. The van der Waals surface area contributed by atoms with Crippen LogP contribution in [-0.2, 0) is 9.59 Å². The van der Waals surface area contributed by atoms with Gasteiger partial charge in [0.15, 0.2) is 0 Å². The summed E-state index contributed by atoms with van der Waals surface area (Å²) >= 11 is 0. The maximum Gasteiger partial charge on any atom is 0.239 e. The van der Waals surface area contributed by atoms with Gasteiger partial charge in [0.2, 0.25) is 11.8 Å². The number of piperidine rings is 1. The van der Waals surface area contributed by atoms with E-state index in [1.54, 1.807) is 0 Å². The number of rotatable bonds is 4. The molecular weight excluding hydrogens is 254 g/mol. The Labute approximate surface area is 121 Å². The van der Waals surface area contributed by atoms with E-state index < -0.39 is 0 Å². The molecule has 5 heteroatoms. The van der Waals surface area contributed by atoms with Gasteiger partial charge in [0.05, 0.1) is 12.6 Å². The van der Waals surface area contributed by atoms with Crippen molar-refractivity contribution in [3.63, 3.8) is 0 Å². The molecule has 2 fully saturated rings. The van der Waals surface area contributed by atoms with Crippen LogP contribution in [0.4, 0.5) is 0 Å². The smallest absolute Gasteiger partial charge is 0.239 e. The van der Waals surface area contributed by atoms with Crippen molar-refractivity contribution in [3.05, 3.63) is 0 Å². The van der Waals surface area contributed by atoms with Crippen LogP contribution in [-0.4, -0.2) is 36.5 Å². The zero-order valence-electron chi connectivity index (χ0n) is 12.6. The topological polar surface area (TPSA) is 70.2 Å². The molecule has 0 aromatic rings. The minimum Gasteiger partial charge on any atom is -0.352 e. The second kappa shape index (κ2) is 7.07. The summed E-state index contributed by atoms with van der Waals surface area (Å²) in [6.07, 6.45) is 7.09. The van der Waals surface area contributed by atoms with Gasteiger partial charge in [-0.25, -0.2) is 0 Å². The molecule has 0 spiro atoms. The quantitative estimate of drug-likeness (QED) is 0.718. The van der Waals surface area contributed by atoms with Gasteiger partial charge in [-0.3, -0.25) is 9.59 Å². The van der Waals surface area contributed by atoms with Crippen LogP contribution in [0.15, 0.2) is 0 Å². The molecule has 3 N–H and O–H groups in total. The number of hydrogen-bond donors (Lipinski definition) is 3. The van der Waals surface area contributed by atoms with Gasteiger partial charge in [0.25, 0.3) is 0 Å². The third-order valence-corrected chi connectivity index (χ3v) is 4.34. The zero-order chi connectivity index (χ0) is 14.5. The highest BCUT2D eigenvalue weighted by Gasteiger charge is 2.34. The Bertz CT molecular complexity index is 357. The molecule has 1 saturated heterocycles. The predicted molar refractivity (Wildman–Crippen MR) is 78.2 cm³/mol. The molecule has 3 atom stereocenters. The van der Waals surface area contributed by atoms with Gasteiger partial charge in [-0.05, 0) is 45.4 Å². The number of carbonyl (C=O) groups excluding carboxylic acids is 2. The molecule has 20 heavy (non-hydrogen) atoms.